The molecule has 0 unspecified atom stereocenters. The molecule has 0 saturated carbocycles. The molecule has 0 radical (unpaired) electrons. The Kier molecular flexibility index (Phi) is 3.12. The Bertz CT molecular complexity index is 467. The first-order valence-corrected chi connectivity index (χ1v) is 4.46. The van der Waals surface area contributed by atoms with E-state index in [0.717, 1.165) is 0 Å². The lowest BCUT2D eigenvalue weighted by molar-refractivity contribution is -0.386. The fraction of sp³-hybridized carbons (Fsp3) is 0.300. The normalized spacial score (nSPS) is 9.94. The fourth-order valence-electron chi connectivity index (χ4n) is 1.43. The standard InChI is InChI=1S/C10H11NO5/c1-5-4-7(10(13)16-3)6(2)8(9(5)12)11(14)15/h4,12H,1-3H3. The number of benzene rings is 1. The highest BCUT2D eigenvalue weighted by Crippen LogP contribution is 2.35. The van der Waals surface area contributed by atoms with Gasteiger partial charge in [0.05, 0.1) is 17.6 Å². The van der Waals surface area contributed by atoms with Gasteiger partial charge < -0.3 is 9.84 Å². The summed E-state index contributed by atoms with van der Waals surface area (Å²) >= 11 is 0. The number of carbonyl (C=O) groups is 1. The molecule has 86 valence electrons. The Balaban J connectivity index is 3.56. The Morgan fingerprint density at radius 3 is 2.50 bits per heavy atom. The number of nitro benzene ring substituents is 1. The molecule has 0 saturated heterocycles. The van der Waals surface area contributed by atoms with Crippen molar-refractivity contribution in [2.75, 3.05) is 7.11 Å². The Morgan fingerprint density at radius 1 is 1.50 bits per heavy atom. The number of phenols is 1. The van der Waals surface area contributed by atoms with E-state index in [1.165, 1.54) is 27.0 Å². The van der Waals surface area contributed by atoms with Crippen LogP contribution in [0.2, 0.25) is 0 Å². The SMILES string of the molecule is COC(=O)c1cc(C)c(O)c([N+](=O)[O-])c1C. The molecule has 0 spiro atoms. The lowest BCUT2D eigenvalue weighted by Gasteiger charge is -2.08. The van der Waals surface area contributed by atoms with Gasteiger partial charge in [0, 0.05) is 5.56 Å². The molecule has 0 aromatic heterocycles. The van der Waals surface area contributed by atoms with Gasteiger partial charge in [0.2, 0.25) is 0 Å². The third-order valence-corrected chi connectivity index (χ3v) is 2.31. The maximum atomic E-state index is 11.3. The van der Waals surface area contributed by atoms with Crippen molar-refractivity contribution in [3.05, 3.63) is 32.9 Å². The van der Waals surface area contributed by atoms with Crippen LogP contribution in [0.5, 0.6) is 5.75 Å². The minimum Gasteiger partial charge on any atom is -0.502 e. The van der Waals surface area contributed by atoms with Gasteiger partial charge >= 0.3 is 11.7 Å². The van der Waals surface area contributed by atoms with E-state index in [4.69, 9.17) is 0 Å². The molecule has 0 atom stereocenters. The van der Waals surface area contributed by atoms with E-state index in [-0.39, 0.29) is 16.7 Å². The largest absolute Gasteiger partial charge is 0.502 e. The lowest BCUT2D eigenvalue weighted by atomic mass is 10.0. The number of phenolic OH excluding ortho intramolecular Hbond substituents is 1. The van der Waals surface area contributed by atoms with Crippen LogP contribution in [0.3, 0.4) is 0 Å². The molecule has 0 aliphatic rings. The molecule has 0 aliphatic heterocycles. The van der Waals surface area contributed by atoms with Crippen molar-refractivity contribution in [1.29, 1.82) is 0 Å². The van der Waals surface area contributed by atoms with Crippen molar-refractivity contribution >= 4 is 11.7 Å². The minimum atomic E-state index is -0.718. The third-order valence-electron chi connectivity index (χ3n) is 2.31. The van der Waals surface area contributed by atoms with Gasteiger partial charge in [-0.05, 0) is 25.5 Å². The van der Waals surface area contributed by atoms with Crippen molar-refractivity contribution in [2.45, 2.75) is 13.8 Å². The third kappa shape index (κ3) is 1.81. The molecule has 0 aliphatic carbocycles. The van der Waals surface area contributed by atoms with Gasteiger partial charge in [0.25, 0.3) is 0 Å². The number of rotatable bonds is 2. The molecule has 1 N–H and O–H groups in total. The number of nitrogens with zero attached hydrogens (tertiary/aromatic N) is 1. The summed E-state index contributed by atoms with van der Waals surface area (Å²) in [5, 5.41) is 20.3. The number of aryl methyl sites for hydroxylation is 1. The number of esters is 1. The van der Waals surface area contributed by atoms with Gasteiger partial charge in [-0.3, -0.25) is 10.1 Å². The van der Waals surface area contributed by atoms with Crippen LogP contribution >= 0.6 is 0 Å². The molecular weight excluding hydrogens is 214 g/mol. The number of aromatic hydroxyl groups is 1. The van der Waals surface area contributed by atoms with Crippen LogP contribution in [0.25, 0.3) is 0 Å². The maximum absolute atomic E-state index is 11.3. The zero-order valence-electron chi connectivity index (χ0n) is 9.10. The number of methoxy groups -OCH3 is 1. The van der Waals surface area contributed by atoms with Gasteiger partial charge in [-0.25, -0.2) is 4.79 Å². The van der Waals surface area contributed by atoms with E-state index in [9.17, 15) is 20.0 Å². The van der Waals surface area contributed by atoms with E-state index in [1.807, 2.05) is 0 Å². The Morgan fingerprint density at radius 2 is 2.06 bits per heavy atom. The first-order valence-electron chi connectivity index (χ1n) is 4.46. The highest BCUT2D eigenvalue weighted by Gasteiger charge is 2.25. The van der Waals surface area contributed by atoms with Gasteiger partial charge in [-0.1, -0.05) is 0 Å². The number of hydrogen-bond donors (Lipinski definition) is 1. The van der Waals surface area contributed by atoms with Gasteiger partial charge in [0.1, 0.15) is 0 Å². The molecular formula is C10H11NO5. The van der Waals surface area contributed by atoms with E-state index in [1.54, 1.807) is 0 Å². The second-order valence-electron chi connectivity index (χ2n) is 3.31. The molecule has 6 nitrogen and oxygen atoms in total. The molecule has 16 heavy (non-hydrogen) atoms. The van der Waals surface area contributed by atoms with Crippen LogP contribution in [0.15, 0.2) is 6.07 Å². The molecule has 0 bridgehead atoms. The summed E-state index contributed by atoms with van der Waals surface area (Å²) < 4.78 is 4.50. The topological polar surface area (TPSA) is 89.7 Å². The number of hydrogen-bond acceptors (Lipinski definition) is 5. The average Bonchev–Trinajstić information content (AvgIpc) is 2.22. The molecule has 0 fully saturated rings. The number of ether oxygens (including phenoxy) is 1. The van der Waals surface area contributed by atoms with Crippen molar-refractivity contribution in [3.63, 3.8) is 0 Å². The first-order chi connectivity index (χ1) is 7.40. The summed E-state index contributed by atoms with van der Waals surface area (Å²) in [5.41, 5.74) is -0.0115. The summed E-state index contributed by atoms with van der Waals surface area (Å²) in [5.74, 6) is -1.08. The monoisotopic (exact) mass is 225 g/mol. The fourth-order valence-corrected chi connectivity index (χ4v) is 1.43. The summed E-state index contributed by atoms with van der Waals surface area (Å²) in [6.07, 6.45) is 0. The van der Waals surface area contributed by atoms with Gasteiger partial charge in [-0.15, -0.1) is 0 Å². The van der Waals surface area contributed by atoms with Crippen LogP contribution in [-0.4, -0.2) is 23.1 Å². The van der Waals surface area contributed by atoms with Gasteiger partial charge in [0.15, 0.2) is 5.75 Å². The first kappa shape index (κ1) is 12.0. The van der Waals surface area contributed by atoms with Crippen LogP contribution < -0.4 is 0 Å². The second-order valence-corrected chi connectivity index (χ2v) is 3.31. The maximum Gasteiger partial charge on any atom is 0.338 e. The van der Waals surface area contributed by atoms with Crippen LogP contribution in [0, 0.1) is 24.0 Å². The van der Waals surface area contributed by atoms with Crippen molar-refractivity contribution in [1.82, 2.24) is 0 Å². The number of carbonyl (C=O) groups excluding carboxylic acids is 1. The zero-order chi connectivity index (χ0) is 12.5. The highest BCUT2D eigenvalue weighted by atomic mass is 16.6. The molecule has 0 heterocycles. The van der Waals surface area contributed by atoms with E-state index < -0.39 is 22.3 Å². The predicted molar refractivity (Wildman–Crippen MR) is 55.6 cm³/mol. The van der Waals surface area contributed by atoms with E-state index in [0.29, 0.717) is 0 Å². The minimum absolute atomic E-state index is 0.0875. The summed E-state index contributed by atoms with van der Waals surface area (Å²) in [4.78, 5) is 21.4. The van der Waals surface area contributed by atoms with Crippen molar-refractivity contribution in [3.8, 4) is 5.75 Å². The van der Waals surface area contributed by atoms with E-state index in [2.05, 4.69) is 4.74 Å². The zero-order valence-corrected chi connectivity index (χ0v) is 9.10. The average molecular weight is 225 g/mol. The molecule has 1 aromatic rings. The summed E-state index contributed by atoms with van der Waals surface area (Å²) in [6.45, 7) is 2.87. The van der Waals surface area contributed by atoms with Crippen LogP contribution in [-0.2, 0) is 4.74 Å². The van der Waals surface area contributed by atoms with E-state index >= 15 is 0 Å². The van der Waals surface area contributed by atoms with Gasteiger partial charge in [-0.2, -0.15) is 0 Å². The predicted octanol–water partition coefficient (Wildman–Crippen LogP) is 1.70. The quantitative estimate of drug-likeness (QED) is 0.470. The second kappa shape index (κ2) is 4.18. The van der Waals surface area contributed by atoms with Crippen molar-refractivity contribution in [2.24, 2.45) is 0 Å². The van der Waals surface area contributed by atoms with Crippen LogP contribution in [0.4, 0.5) is 5.69 Å². The summed E-state index contributed by atoms with van der Waals surface area (Å²) in [7, 11) is 1.19. The molecule has 6 heteroatoms. The van der Waals surface area contributed by atoms with Crippen molar-refractivity contribution < 1.29 is 19.6 Å². The van der Waals surface area contributed by atoms with Crippen LogP contribution in [0.1, 0.15) is 21.5 Å². The molecule has 0 amide bonds. The smallest absolute Gasteiger partial charge is 0.338 e. The lowest BCUT2D eigenvalue weighted by Crippen LogP contribution is -2.07. The Hall–Kier alpha value is -2.11. The number of nitro groups is 1. The molecule has 1 rings (SSSR count). The summed E-state index contributed by atoms with van der Waals surface area (Å²) in [6, 6.07) is 1.36. The highest BCUT2D eigenvalue weighted by molar-refractivity contribution is 5.93. The molecule has 1 aromatic carbocycles. The Labute approximate surface area is 91.6 Å².